The second kappa shape index (κ2) is 9.90. The number of carbonyl (C=O) groups excluding carboxylic acids is 2. The van der Waals surface area contributed by atoms with Crippen molar-refractivity contribution in [1.82, 2.24) is 14.8 Å². The molecule has 0 radical (unpaired) electrons. The van der Waals surface area contributed by atoms with E-state index in [2.05, 4.69) is 30.3 Å². The lowest BCUT2D eigenvalue weighted by molar-refractivity contribution is -0.136. The van der Waals surface area contributed by atoms with Crippen molar-refractivity contribution in [2.75, 3.05) is 44.2 Å². The normalized spacial score (nSPS) is 16.8. The predicted molar refractivity (Wildman–Crippen MR) is 129 cm³/mol. The van der Waals surface area contributed by atoms with Gasteiger partial charge in [0.15, 0.2) is 0 Å². The smallest absolute Gasteiger partial charge is 0.278 e. The van der Waals surface area contributed by atoms with Gasteiger partial charge in [0, 0.05) is 38.9 Å². The van der Waals surface area contributed by atoms with Crippen molar-refractivity contribution >= 4 is 23.2 Å². The Morgan fingerprint density at radius 2 is 1.70 bits per heavy atom. The van der Waals surface area contributed by atoms with E-state index in [1.807, 2.05) is 47.4 Å². The van der Waals surface area contributed by atoms with Crippen LogP contribution in [0.2, 0.25) is 0 Å². The standard InChI is InChI=1S/C26H30N4O3/c1-4-13-30-25(31)23(20-8-10-21(11-9-20)33-18-19(2)3)24(26(30)32)29-16-14-28(15-17-29)22-7-5-6-12-27-22/h4-12,19H,1,13-18H2,2-3H3. The third kappa shape index (κ3) is 4.77. The highest BCUT2D eigenvalue weighted by Crippen LogP contribution is 2.33. The number of anilines is 1. The van der Waals surface area contributed by atoms with Gasteiger partial charge in [0.2, 0.25) is 0 Å². The highest BCUT2D eigenvalue weighted by Gasteiger charge is 2.41. The van der Waals surface area contributed by atoms with Gasteiger partial charge in [-0.1, -0.05) is 38.1 Å². The third-order valence-corrected chi connectivity index (χ3v) is 5.75. The zero-order valence-electron chi connectivity index (χ0n) is 19.2. The topological polar surface area (TPSA) is 66.0 Å². The molecule has 1 aromatic carbocycles. The van der Waals surface area contributed by atoms with Crippen LogP contribution in [0.3, 0.4) is 0 Å². The van der Waals surface area contributed by atoms with Gasteiger partial charge >= 0.3 is 0 Å². The average molecular weight is 447 g/mol. The molecule has 1 fully saturated rings. The molecule has 1 saturated heterocycles. The number of ether oxygens (including phenoxy) is 1. The SMILES string of the molecule is C=CCN1C(=O)C(c2ccc(OCC(C)C)cc2)=C(N2CCN(c3ccccn3)CC2)C1=O. The van der Waals surface area contributed by atoms with Crippen molar-refractivity contribution < 1.29 is 14.3 Å². The molecule has 0 aliphatic carbocycles. The van der Waals surface area contributed by atoms with Gasteiger partial charge in [-0.15, -0.1) is 6.58 Å². The Labute approximate surface area is 195 Å². The Hall–Kier alpha value is -3.61. The molecular formula is C26H30N4O3. The summed E-state index contributed by atoms with van der Waals surface area (Å²) in [4.78, 5) is 36.5. The fraction of sp³-hybridized carbons (Fsp3) is 0.346. The summed E-state index contributed by atoms with van der Waals surface area (Å²) >= 11 is 0. The molecule has 2 aromatic rings. The average Bonchev–Trinajstić information content (AvgIpc) is 3.09. The minimum absolute atomic E-state index is 0.189. The number of nitrogens with zero attached hydrogens (tertiary/aromatic N) is 4. The molecule has 3 heterocycles. The van der Waals surface area contributed by atoms with Gasteiger partial charge in [0.25, 0.3) is 11.8 Å². The lowest BCUT2D eigenvalue weighted by atomic mass is 10.0. The van der Waals surface area contributed by atoms with Crippen molar-refractivity contribution in [3.63, 3.8) is 0 Å². The van der Waals surface area contributed by atoms with Crippen LogP contribution in [-0.4, -0.2) is 65.9 Å². The van der Waals surface area contributed by atoms with Gasteiger partial charge < -0.3 is 14.5 Å². The van der Waals surface area contributed by atoms with E-state index < -0.39 is 0 Å². The summed E-state index contributed by atoms with van der Waals surface area (Å²) in [5.41, 5.74) is 1.64. The molecule has 7 nitrogen and oxygen atoms in total. The second-order valence-electron chi connectivity index (χ2n) is 8.62. The Morgan fingerprint density at radius 1 is 1.00 bits per heavy atom. The van der Waals surface area contributed by atoms with Gasteiger partial charge in [-0.2, -0.15) is 0 Å². The maximum atomic E-state index is 13.3. The van der Waals surface area contributed by atoms with Crippen LogP contribution in [0.4, 0.5) is 5.82 Å². The summed E-state index contributed by atoms with van der Waals surface area (Å²) in [6.45, 7) is 11.4. The number of hydrogen-bond donors (Lipinski definition) is 0. The van der Waals surface area contributed by atoms with Crippen LogP contribution in [0, 0.1) is 5.92 Å². The highest BCUT2D eigenvalue weighted by molar-refractivity contribution is 6.35. The van der Waals surface area contributed by atoms with E-state index in [0.29, 0.717) is 36.9 Å². The molecule has 4 rings (SSSR count). The zero-order valence-corrected chi connectivity index (χ0v) is 19.2. The number of imide groups is 1. The number of carbonyl (C=O) groups is 2. The Morgan fingerprint density at radius 3 is 2.30 bits per heavy atom. The van der Waals surface area contributed by atoms with E-state index in [9.17, 15) is 9.59 Å². The van der Waals surface area contributed by atoms with E-state index in [1.54, 1.807) is 12.3 Å². The van der Waals surface area contributed by atoms with E-state index in [1.165, 1.54) is 4.90 Å². The lowest BCUT2D eigenvalue weighted by Gasteiger charge is -2.37. The molecule has 0 atom stereocenters. The van der Waals surface area contributed by atoms with Gasteiger partial charge in [-0.25, -0.2) is 4.98 Å². The van der Waals surface area contributed by atoms with Crippen molar-refractivity contribution in [2.45, 2.75) is 13.8 Å². The fourth-order valence-corrected chi connectivity index (χ4v) is 4.09. The van der Waals surface area contributed by atoms with Crippen molar-refractivity contribution in [2.24, 2.45) is 5.92 Å². The molecular weight excluding hydrogens is 416 g/mol. The van der Waals surface area contributed by atoms with Crippen molar-refractivity contribution in [3.05, 3.63) is 72.6 Å². The second-order valence-corrected chi connectivity index (χ2v) is 8.62. The van der Waals surface area contributed by atoms with Gasteiger partial charge in [0.1, 0.15) is 17.3 Å². The molecule has 7 heteroatoms. The van der Waals surface area contributed by atoms with Crippen molar-refractivity contribution in [3.8, 4) is 5.75 Å². The minimum atomic E-state index is -0.280. The Kier molecular flexibility index (Phi) is 6.77. The van der Waals surface area contributed by atoms with Crippen LogP contribution in [0.1, 0.15) is 19.4 Å². The van der Waals surface area contributed by atoms with Crippen LogP contribution < -0.4 is 9.64 Å². The molecule has 2 aliphatic rings. The molecule has 2 amide bonds. The number of hydrogen-bond acceptors (Lipinski definition) is 6. The zero-order chi connectivity index (χ0) is 23.4. The van der Waals surface area contributed by atoms with Gasteiger partial charge in [0.05, 0.1) is 12.2 Å². The summed E-state index contributed by atoms with van der Waals surface area (Å²) in [7, 11) is 0. The molecule has 2 aliphatic heterocycles. The molecule has 33 heavy (non-hydrogen) atoms. The molecule has 0 spiro atoms. The van der Waals surface area contributed by atoms with Crippen LogP contribution in [0.5, 0.6) is 5.75 Å². The predicted octanol–water partition coefficient (Wildman–Crippen LogP) is 3.20. The third-order valence-electron chi connectivity index (χ3n) is 5.75. The summed E-state index contributed by atoms with van der Waals surface area (Å²) in [5.74, 6) is 1.55. The van der Waals surface area contributed by atoms with Crippen molar-refractivity contribution in [1.29, 1.82) is 0 Å². The number of aromatic nitrogens is 1. The van der Waals surface area contributed by atoms with Gasteiger partial charge in [-0.05, 0) is 35.7 Å². The first kappa shape index (κ1) is 22.6. The molecule has 0 unspecified atom stereocenters. The number of piperazine rings is 1. The Bertz CT molecular complexity index is 1040. The molecule has 1 aromatic heterocycles. The van der Waals surface area contributed by atoms with Crippen LogP contribution >= 0.6 is 0 Å². The number of benzene rings is 1. The number of rotatable bonds is 8. The molecule has 172 valence electrons. The summed E-state index contributed by atoms with van der Waals surface area (Å²) in [6.07, 6.45) is 3.36. The first-order chi connectivity index (χ1) is 16.0. The minimum Gasteiger partial charge on any atom is -0.493 e. The number of amides is 2. The molecule has 0 saturated carbocycles. The maximum absolute atomic E-state index is 13.3. The summed E-state index contributed by atoms with van der Waals surface area (Å²) in [5, 5.41) is 0. The monoisotopic (exact) mass is 446 g/mol. The fourth-order valence-electron chi connectivity index (χ4n) is 4.09. The highest BCUT2D eigenvalue weighted by atomic mass is 16.5. The summed E-state index contributed by atoms with van der Waals surface area (Å²) < 4.78 is 5.78. The maximum Gasteiger partial charge on any atom is 0.278 e. The van der Waals surface area contributed by atoms with Crippen LogP contribution in [-0.2, 0) is 9.59 Å². The van der Waals surface area contributed by atoms with Crippen LogP contribution in [0.25, 0.3) is 5.57 Å². The first-order valence-electron chi connectivity index (χ1n) is 11.3. The molecule has 0 N–H and O–H groups in total. The van der Waals surface area contributed by atoms with E-state index >= 15 is 0 Å². The summed E-state index contributed by atoms with van der Waals surface area (Å²) in [6, 6.07) is 13.3. The lowest BCUT2D eigenvalue weighted by Crippen LogP contribution is -2.47. The quantitative estimate of drug-likeness (QED) is 0.458. The first-order valence-corrected chi connectivity index (χ1v) is 11.3. The molecule has 0 bridgehead atoms. The largest absolute Gasteiger partial charge is 0.493 e. The van der Waals surface area contributed by atoms with E-state index in [-0.39, 0.29) is 18.4 Å². The van der Waals surface area contributed by atoms with E-state index in [4.69, 9.17) is 4.74 Å². The van der Waals surface area contributed by atoms with Crippen LogP contribution in [0.15, 0.2) is 67.0 Å². The van der Waals surface area contributed by atoms with Gasteiger partial charge in [-0.3, -0.25) is 14.5 Å². The van der Waals surface area contributed by atoms with E-state index in [0.717, 1.165) is 30.2 Å². The Balaban J connectivity index is 1.60. The number of pyridine rings is 1.